The molecule has 0 heterocycles. The van der Waals surface area contributed by atoms with Crippen LogP contribution in [0.3, 0.4) is 0 Å². The van der Waals surface area contributed by atoms with Gasteiger partial charge in [-0.05, 0) is 37.1 Å². The second kappa shape index (κ2) is 6.64. The van der Waals surface area contributed by atoms with E-state index in [2.05, 4.69) is 5.32 Å². The Morgan fingerprint density at radius 2 is 1.65 bits per heavy atom. The van der Waals surface area contributed by atoms with Gasteiger partial charge in [-0.25, -0.2) is 4.79 Å². The average Bonchev–Trinajstić information content (AvgIpc) is 2.48. The molecule has 0 atom stereocenters. The zero-order chi connectivity index (χ0) is 14.5. The van der Waals surface area contributed by atoms with E-state index in [1.54, 1.807) is 0 Å². The van der Waals surface area contributed by atoms with Gasteiger partial charge in [0, 0.05) is 38.6 Å². The Kier molecular flexibility index (Phi) is 4.88. The Hall–Kier alpha value is -1.71. The van der Waals surface area contributed by atoms with Crippen LogP contribution in [0.15, 0.2) is 24.3 Å². The molecular formula is C16H25N3O. The molecular weight excluding hydrogens is 250 g/mol. The number of rotatable bonds is 3. The number of benzene rings is 1. The number of amides is 2. The van der Waals surface area contributed by atoms with E-state index in [0.717, 1.165) is 24.2 Å². The summed E-state index contributed by atoms with van der Waals surface area (Å²) in [6.45, 7) is 0. The van der Waals surface area contributed by atoms with Crippen molar-refractivity contribution in [2.24, 2.45) is 0 Å². The van der Waals surface area contributed by atoms with Crippen molar-refractivity contribution in [1.82, 2.24) is 4.90 Å². The molecule has 4 heteroatoms. The molecule has 4 nitrogen and oxygen atoms in total. The largest absolute Gasteiger partial charge is 0.378 e. The number of urea groups is 1. The summed E-state index contributed by atoms with van der Waals surface area (Å²) in [7, 11) is 5.91. The van der Waals surface area contributed by atoms with E-state index in [4.69, 9.17) is 0 Å². The van der Waals surface area contributed by atoms with E-state index in [1.165, 1.54) is 19.3 Å². The van der Waals surface area contributed by atoms with Crippen molar-refractivity contribution in [3.8, 4) is 0 Å². The predicted octanol–water partition coefficient (Wildman–Crippen LogP) is 3.55. The van der Waals surface area contributed by atoms with Gasteiger partial charge in [-0.15, -0.1) is 0 Å². The average molecular weight is 275 g/mol. The Morgan fingerprint density at radius 1 is 1.05 bits per heavy atom. The molecule has 0 radical (unpaired) electrons. The van der Waals surface area contributed by atoms with Crippen molar-refractivity contribution in [2.75, 3.05) is 31.4 Å². The van der Waals surface area contributed by atoms with Crippen LogP contribution in [0, 0.1) is 0 Å². The Morgan fingerprint density at radius 3 is 2.20 bits per heavy atom. The van der Waals surface area contributed by atoms with Gasteiger partial charge in [0.25, 0.3) is 0 Å². The lowest BCUT2D eigenvalue weighted by atomic mass is 9.95. The SMILES string of the molecule is CN(C)c1ccc(NC(=O)N(C)C2CCCCC2)cc1. The summed E-state index contributed by atoms with van der Waals surface area (Å²) in [6, 6.07) is 8.30. The maximum atomic E-state index is 12.2. The van der Waals surface area contributed by atoms with Crippen LogP contribution < -0.4 is 10.2 Å². The van der Waals surface area contributed by atoms with E-state index in [-0.39, 0.29) is 6.03 Å². The minimum atomic E-state index is -0.00509. The van der Waals surface area contributed by atoms with E-state index >= 15 is 0 Å². The lowest BCUT2D eigenvalue weighted by Crippen LogP contribution is -2.40. The topological polar surface area (TPSA) is 35.6 Å². The molecule has 0 spiro atoms. The van der Waals surface area contributed by atoms with Gasteiger partial charge in [0.1, 0.15) is 0 Å². The van der Waals surface area contributed by atoms with Crippen LogP contribution in [0.25, 0.3) is 0 Å². The third kappa shape index (κ3) is 3.65. The van der Waals surface area contributed by atoms with Crippen molar-refractivity contribution in [2.45, 2.75) is 38.1 Å². The van der Waals surface area contributed by atoms with Crippen molar-refractivity contribution in [3.05, 3.63) is 24.3 Å². The molecule has 110 valence electrons. The first-order valence-corrected chi connectivity index (χ1v) is 7.39. The first-order chi connectivity index (χ1) is 9.58. The second-order valence-corrected chi connectivity index (χ2v) is 5.77. The van der Waals surface area contributed by atoms with E-state index in [9.17, 15) is 4.79 Å². The highest BCUT2D eigenvalue weighted by atomic mass is 16.2. The zero-order valence-electron chi connectivity index (χ0n) is 12.7. The molecule has 2 amide bonds. The minimum Gasteiger partial charge on any atom is -0.378 e. The van der Waals surface area contributed by atoms with Gasteiger partial charge >= 0.3 is 6.03 Å². The van der Waals surface area contributed by atoms with Gasteiger partial charge in [0.05, 0.1) is 0 Å². The molecule has 1 fully saturated rings. The molecule has 1 aromatic carbocycles. The quantitative estimate of drug-likeness (QED) is 0.915. The second-order valence-electron chi connectivity index (χ2n) is 5.77. The molecule has 20 heavy (non-hydrogen) atoms. The molecule has 1 aliphatic rings. The van der Waals surface area contributed by atoms with E-state index < -0.39 is 0 Å². The zero-order valence-corrected chi connectivity index (χ0v) is 12.7. The first-order valence-electron chi connectivity index (χ1n) is 7.39. The van der Waals surface area contributed by atoms with Gasteiger partial charge in [0.15, 0.2) is 0 Å². The van der Waals surface area contributed by atoms with Crippen molar-refractivity contribution >= 4 is 17.4 Å². The van der Waals surface area contributed by atoms with Gasteiger partial charge in [0.2, 0.25) is 0 Å². The maximum absolute atomic E-state index is 12.2. The normalized spacial score (nSPS) is 15.8. The number of nitrogens with one attached hydrogen (secondary N) is 1. The number of anilines is 2. The van der Waals surface area contributed by atoms with E-state index in [1.807, 2.05) is 55.2 Å². The Bertz CT molecular complexity index is 436. The molecule has 1 aromatic rings. The number of hydrogen-bond donors (Lipinski definition) is 1. The fourth-order valence-electron chi connectivity index (χ4n) is 2.69. The highest BCUT2D eigenvalue weighted by Gasteiger charge is 2.21. The molecule has 0 aromatic heterocycles. The number of hydrogen-bond acceptors (Lipinski definition) is 2. The van der Waals surface area contributed by atoms with Gasteiger partial charge in [-0.3, -0.25) is 0 Å². The summed E-state index contributed by atoms with van der Waals surface area (Å²) >= 11 is 0. The number of carbonyl (C=O) groups is 1. The van der Waals surface area contributed by atoms with Crippen LogP contribution >= 0.6 is 0 Å². The third-order valence-corrected chi connectivity index (χ3v) is 4.08. The summed E-state index contributed by atoms with van der Waals surface area (Å²) in [4.78, 5) is 16.1. The smallest absolute Gasteiger partial charge is 0.321 e. The van der Waals surface area contributed by atoms with Crippen LogP contribution in [0.1, 0.15) is 32.1 Å². The summed E-state index contributed by atoms with van der Waals surface area (Å²) < 4.78 is 0. The van der Waals surface area contributed by atoms with Crippen molar-refractivity contribution in [1.29, 1.82) is 0 Å². The molecule has 1 N–H and O–H groups in total. The molecule has 2 rings (SSSR count). The maximum Gasteiger partial charge on any atom is 0.321 e. The van der Waals surface area contributed by atoms with Crippen LogP contribution in [-0.2, 0) is 0 Å². The van der Waals surface area contributed by atoms with Crippen LogP contribution in [0.4, 0.5) is 16.2 Å². The van der Waals surface area contributed by atoms with Crippen LogP contribution in [-0.4, -0.2) is 38.1 Å². The fraction of sp³-hybridized carbons (Fsp3) is 0.562. The highest BCUT2D eigenvalue weighted by Crippen LogP contribution is 2.22. The molecule has 0 aliphatic heterocycles. The molecule has 0 unspecified atom stereocenters. The summed E-state index contributed by atoms with van der Waals surface area (Å²) in [5.41, 5.74) is 1.98. The van der Waals surface area contributed by atoms with Gasteiger partial charge < -0.3 is 15.1 Å². The van der Waals surface area contributed by atoms with Crippen LogP contribution in [0.2, 0.25) is 0 Å². The van der Waals surface area contributed by atoms with Gasteiger partial charge in [-0.2, -0.15) is 0 Å². The standard InChI is InChI=1S/C16H25N3O/c1-18(2)14-11-9-13(10-12-14)17-16(20)19(3)15-7-5-4-6-8-15/h9-12,15H,4-8H2,1-3H3,(H,17,20). The van der Waals surface area contributed by atoms with Crippen LogP contribution in [0.5, 0.6) is 0 Å². The lowest BCUT2D eigenvalue weighted by molar-refractivity contribution is 0.186. The third-order valence-electron chi connectivity index (χ3n) is 4.08. The monoisotopic (exact) mass is 275 g/mol. The lowest BCUT2D eigenvalue weighted by Gasteiger charge is -2.31. The van der Waals surface area contributed by atoms with Crippen molar-refractivity contribution in [3.63, 3.8) is 0 Å². The molecule has 0 bridgehead atoms. The Balaban J connectivity index is 1.92. The number of carbonyl (C=O) groups excluding carboxylic acids is 1. The Labute approximate surface area is 121 Å². The molecule has 1 aliphatic carbocycles. The predicted molar refractivity (Wildman–Crippen MR) is 84.4 cm³/mol. The molecule has 0 saturated heterocycles. The highest BCUT2D eigenvalue weighted by molar-refractivity contribution is 5.89. The summed E-state index contributed by atoms with van der Waals surface area (Å²) in [6.07, 6.45) is 6.03. The van der Waals surface area contributed by atoms with E-state index in [0.29, 0.717) is 6.04 Å². The fourth-order valence-corrected chi connectivity index (χ4v) is 2.69. The minimum absolute atomic E-state index is 0.00509. The van der Waals surface area contributed by atoms with Crippen molar-refractivity contribution < 1.29 is 4.79 Å². The number of nitrogens with zero attached hydrogens (tertiary/aromatic N) is 2. The first kappa shape index (κ1) is 14.7. The van der Waals surface area contributed by atoms with Gasteiger partial charge in [-0.1, -0.05) is 19.3 Å². The molecule has 1 saturated carbocycles. The summed E-state index contributed by atoms with van der Waals surface area (Å²) in [5, 5.41) is 2.97. The summed E-state index contributed by atoms with van der Waals surface area (Å²) in [5.74, 6) is 0.